The van der Waals surface area contributed by atoms with Crippen LogP contribution in [0.25, 0.3) is 0 Å². The lowest BCUT2D eigenvalue weighted by Crippen LogP contribution is -2.43. The van der Waals surface area contributed by atoms with Crippen LogP contribution in [0.5, 0.6) is 0 Å². The van der Waals surface area contributed by atoms with E-state index in [0.717, 1.165) is 11.1 Å². The zero-order valence-corrected chi connectivity index (χ0v) is 18.8. The minimum Gasteiger partial charge on any atom is -0.353 e. The second-order valence-electron chi connectivity index (χ2n) is 6.65. The molecule has 1 saturated heterocycles. The van der Waals surface area contributed by atoms with Crippen LogP contribution >= 0.6 is 24.0 Å². The Bertz CT molecular complexity index is 971. The van der Waals surface area contributed by atoms with Crippen LogP contribution in [-0.4, -0.2) is 43.5 Å². The molecule has 152 valence electrons. The summed E-state index contributed by atoms with van der Waals surface area (Å²) in [5.41, 5.74) is 2.10. The maximum atomic E-state index is 11.8. The van der Waals surface area contributed by atoms with Crippen LogP contribution in [0.4, 0.5) is 0 Å². The van der Waals surface area contributed by atoms with Crippen LogP contribution in [0, 0.1) is 0 Å². The summed E-state index contributed by atoms with van der Waals surface area (Å²) in [5.74, 6) is 0.978. The summed E-state index contributed by atoms with van der Waals surface area (Å²) in [7, 11) is -1.25. The van der Waals surface area contributed by atoms with E-state index < -0.39 is 9.84 Å². The van der Waals surface area contributed by atoms with E-state index >= 15 is 0 Å². The van der Waals surface area contributed by atoms with Crippen LogP contribution in [0.15, 0.2) is 58.4 Å². The molecule has 1 aliphatic heterocycles. The molecule has 2 heterocycles. The summed E-state index contributed by atoms with van der Waals surface area (Å²) in [5, 5.41) is 6.37. The molecule has 1 unspecified atom stereocenters. The molecule has 1 atom stereocenters. The number of hydrogen-bond acceptors (Lipinski definition) is 4. The fourth-order valence-corrected chi connectivity index (χ4v) is 4.71. The van der Waals surface area contributed by atoms with Crippen LogP contribution in [0.2, 0.25) is 0 Å². The van der Waals surface area contributed by atoms with Crippen molar-refractivity contribution in [3.05, 3.63) is 70.1 Å². The second-order valence-corrected chi connectivity index (χ2v) is 8.88. The summed E-state index contributed by atoms with van der Waals surface area (Å²) in [6.45, 7) is 1.11. The monoisotopic (exact) mass is 516 g/mol. The number of nitrogens with one attached hydrogen (secondary N) is 2. The summed E-state index contributed by atoms with van der Waals surface area (Å²) in [6, 6.07) is 13.0. The molecule has 0 spiro atoms. The van der Waals surface area contributed by atoms with Crippen molar-refractivity contribution in [2.45, 2.75) is 25.6 Å². The first kappa shape index (κ1) is 22.4. The number of halogens is 1. The highest BCUT2D eigenvalue weighted by atomic mass is 127. The SMILES string of the molecule is CN=C(NCc1ccc(Cn2ccccc2=O)cc1)NC1CCS(=O)(=O)C1.I. The highest BCUT2D eigenvalue weighted by Gasteiger charge is 2.28. The molecule has 0 radical (unpaired) electrons. The van der Waals surface area contributed by atoms with Gasteiger partial charge in [0.1, 0.15) is 0 Å². The largest absolute Gasteiger partial charge is 0.353 e. The van der Waals surface area contributed by atoms with Gasteiger partial charge >= 0.3 is 0 Å². The lowest BCUT2D eigenvalue weighted by atomic mass is 10.1. The topological polar surface area (TPSA) is 92.6 Å². The van der Waals surface area contributed by atoms with E-state index in [4.69, 9.17) is 0 Å². The summed E-state index contributed by atoms with van der Waals surface area (Å²) in [6.07, 6.45) is 2.38. The maximum absolute atomic E-state index is 11.8. The van der Waals surface area contributed by atoms with Crippen molar-refractivity contribution in [3.63, 3.8) is 0 Å². The first-order valence-corrected chi connectivity index (χ1v) is 10.7. The molecule has 2 aromatic rings. The number of sulfone groups is 1. The number of hydrogen-bond donors (Lipinski definition) is 2. The zero-order chi connectivity index (χ0) is 19.3. The summed E-state index contributed by atoms with van der Waals surface area (Å²) >= 11 is 0. The minimum atomic E-state index is -2.92. The first-order valence-electron chi connectivity index (χ1n) is 8.86. The molecular weight excluding hydrogens is 491 g/mol. The molecule has 3 rings (SSSR count). The highest BCUT2D eigenvalue weighted by molar-refractivity contribution is 14.0. The number of rotatable bonds is 5. The molecule has 0 aliphatic carbocycles. The van der Waals surface area contributed by atoms with E-state index in [1.54, 1.807) is 29.9 Å². The van der Waals surface area contributed by atoms with Gasteiger partial charge < -0.3 is 15.2 Å². The smallest absolute Gasteiger partial charge is 0.250 e. The predicted octanol–water partition coefficient (Wildman–Crippen LogP) is 1.37. The fraction of sp³-hybridized carbons (Fsp3) is 0.368. The average molecular weight is 516 g/mol. The van der Waals surface area contributed by atoms with Gasteiger partial charge in [-0.3, -0.25) is 9.79 Å². The molecule has 1 aliphatic rings. The Balaban J connectivity index is 0.00000280. The molecule has 28 heavy (non-hydrogen) atoms. The number of guanidine groups is 1. The number of aliphatic imine (C=N–C) groups is 1. The van der Waals surface area contributed by atoms with Crippen molar-refractivity contribution in [3.8, 4) is 0 Å². The van der Waals surface area contributed by atoms with E-state index in [9.17, 15) is 13.2 Å². The van der Waals surface area contributed by atoms with E-state index in [-0.39, 0.29) is 47.1 Å². The van der Waals surface area contributed by atoms with Gasteiger partial charge in [0.25, 0.3) is 5.56 Å². The lowest BCUT2D eigenvalue weighted by molar-refractivity contribution is 0.599. The van der Waals surface area contributed by atoms with Gasteiger partial charge in [-0.2, -0.15) is 0 Å². The molecule has 0 amide bonds. The van der Waals surface area contributed by atoms with Crippen LogP contribution in [-0.2, 0) is 22.9 Å². The Kier molecular flexibility index (Phi) is 8.05. The quantitative estimate of drug-likeness (QED) is 0.356. The summed E-state index contributed by atoms with van der Waals surface area (Å²) < 4.78 is 24.8. The Labute approximate surface area is 182 Å². The molecule has 7 nitrogen and oxygen atoms in total. The molecule has 1 aromatic heterocycles. The van der Waals surface area contributed by atoms with E-state index in [1.165, 1.54) is 0 Å². The van der Waals surface area contributed by atoms with Gasteiger partial charge in [0.2, 0.25) is 0 Å². The number of aromatic nitrogens is 1. The lowest BCUT2D eigenvalue weighted by Gasteiger charge is -2.16. The summed E-state index contributed by atoms with van der Waals surface area (Å²) in [4.78, 5) is 15.9. The van der Waals surface area contributed by atoms with Crippen molar-refractivity contribution in [2.75, 3.05) is 18.6 Å². The third kappa shape index (κ3) is 6.33. The van der Waals surface area contributed by atoms with Crippen molar-refractivity contribution < 1.29 is 8.42 Å². The predicted molar refractivity (Wildman–Crippen MR) is 122 cm³/mol. The Morgan fingerprint density at radius 2 is 1.89 bits per heavy atom. The maximum Gasteiger partial charge on any atom is 0.250 e. The van der Waals surface area contributed by atoms with Crippen molar-refractivity contribution in [1.29, 1.82) is 0 Å². The third-order valence-electron chi connectivity index (χ3n) is 4.53. The van der Waals surface area contributed by atoms with E-state index in [0.29, 0.717) is 25.5 Å². The Morgan fingerprint density at radius 3 is 2.50 bits per heavy atom. The van der Waals surface area contributed by atoms with Gasteiger partial charge in [0, 0.05) is 31.9 Å². The fourth-order valence-electron chi connectivity index (χ4n) is 3.03. The minimum absolute atomic E-state index is 0. The molecule has 1 fully saturated rings. The Hall–Kier alpha value is -1.88. The van der Waals surface area contributed by atoms with Gasteiger partial charge in [-0.15, -0.1) is 24.0 Å². The van der Waals surface area contributed by atoms with Gasteiger partial charge in [-0.1, -0.05) is 30.3 Å². The van der Waals surface area contributed by atoms with Crippen molar-refractivity contribution in [1.82, 2.24) is 15.2 Å². The average Bonchev–Trinajstić information content (AvgIpc) is 3.00. The van der Waals surface area contributed by atoms with Crippen LogP contribution < -0.4 is 16.2 Å². The number of benzene rings is 1. The third-order valence-corrected chi connectivity index (χ3v) is 6.30. The molecule has 2 N–H and O–H groups in total. The number of pyridine rings is 1. The van der Waals surface area contributed by atoms with Gasteiger partial charge in [-0.25, -0.2) is 8.42 Å². The highest BCUT2D eigenvalue weighted by Crippen LogP contribution is 2.11. The van der Waals surface area contributed by atoms with E-state index in [1.807, 2.05) is 30.3 Å². The van der Waals surface area contributed by atoms with Crippen LogP contribution in [0.3, 0.4) is 0 Å². The van der Waals surface area contributed by atoms with Crippen molar-refractivity contribution >= 4 is 39.8 Å². The molecular formula is C19H25IN4O3S. The van der Waals surface area contributed by atoms with Gasteiger partial charge in [-0.05, 0) is 23.6 Å². The molecule has 1 aromatic carbocycles. The van der Waals surface area contributed by atoms with Crippen molar-refractivity contribution in [2.24, 2.45) is 4.99 Å². The van der Waals surface area contributed by atoms with Gasteiger partial charge in [0.05, 0.1) is 18.1 Å². The Morgan fingerprint density at radius 1 is 1.18 bits per heavy atom. The normalized spacial score (nSPS) is 18.3. The molecule has 0 saturated carbocycles. The zero-order valence-electron chi connectivity index (χ0n) is 15.7. The first-order chi connectivity index (χ1) is 12.9. The molecule has 9 heteroatoms. The number of nitrogens with zero attached hydrogens (tertiary/aromatic N) is 2. The standard InChI is InChI=1S/C19H24N4O3S.HI/c1-20-19(22-17-9-11-27(25,26)14-17)21-12-15-5-7-16(8-6-15)13-23-10-3-2-4-18(23)24;/h2-8,10,17H,9,11-14H2,1H3,(H2,20,21,22);1H. The van der Waals surface area contributed by atoms with E-state index in [2.05, 4.69) is 15.6 Å². The van der Waals surface area contributed by atoms with Gasteiger partial charge in [0.15, 0.2) is 15.8 Å². The van der Waals surface area contributed by atoms with Crippen LogP contribution in [0.1, 0.15) is 17.5 Å². The second kappa shape index (κ2) is 10.1. The molecule has 0 bridgehead atoms.